The first-order valence-electron chi connectivity index (χ1n) is 6.51. The first-order chi connectivity index (χ1) is 9.06. The van der Waals surface area contributed by atoms with E-state index in [1.807, 2.05) is 0 Å². The van der Waals surface area contributed by atoms with Crippen LogP contribution < -0.4 is 5.32 Å². The summed E-state index contributed by atoms with van der Waals surface area (Å²) in [6.07, 6.45) is 1.90. The fourth-order valence-corrected chi connectivity index (χ4v) is 2.28. The van der Waals surface area contributed by atoms with Gasteiger partial charge in [0.05, 0.1) is 6.10 Å². The maximum atomic E-state index is 13.4. The fourth-order valence-electron chi connectivity index (χ4n) is 2.28. The molecule has 0 bridgehead atoms. The number of rotatable bonds is 7. The van der Waals surface area contributed by atoms with E-state index in [-0.39, 0.29) is 24.1 Å². The van der Waals surface area contributed by atoms with Crippen LogP contribution in [-0.4, -0.2) is 29.9 Å². The molecular formula is C14H19F2NO2. The van der Waals surface area contributed by atoms with E-state index in [4.69, 9.17) is 5.11 Å². The maximum Gasteiger partial charge on any atom is 0.131 e. The van der Waals surface area contributed by atoms with Crippen molar-refractivity contribution in [3.05, 3.63) is 35.4 Å². The van der Waals surface area contributed by atoms with Crippen LogP contribution in [0.1, 0.15) is 30.9 Å². The minimum Gasteiger partial charge on any atom is -0.396 e. The highest BCUT2D eigenvalue weighted by Gasteiger charge is 2.41. The minimum atomic E-state index is -0.995. The molecule has 1 atom stereocenters. The second kappa shape index (κ2) is 5.94. The molecule has 2 rings (SSSR count). The molecule has 1 aliphatic carbocycles. The van der Waals surface area contributed by atoms with Gasteiger partial charge in [-0.15, -0.1) is 0 Å². The molecule has 106 valence electrons. The van der Waals surface area contributed by atoms with Crippen molar-refractivity contribution in [1.29, 1.82) is 0 Å². The van der Waals surface area contributed by atoms with Gasteiger partial charge in [0.15, 0.2) is 0 Å². The quantitative estimate of drug-likeness (QED) is 0.708. The Balaban J connectivity index is 1.82. The molecule has 1 unspecified atom stereocenters. The van der Waals surface area contributed by atoms with E-state index in [1.165, 1.54) is 6.07 Å². The smallest absolute Gasteiger partial charge is 0.131 e. The third kappa shape index (κ3) is 3.72. The van der Waals surface area contributed by atoms with Crippen molar-refractivity contribution >= 4 is 0 Å². The van der Waals surface area contributed by atoms with Gasteiger partial charge in [-0.3, -0.25) is 0 Å². The van der Waals surface area contributed by atoms with Crippen molar-refractivity contribution in [2.75, 3.05) is 19.7 Å². The van der Waals surface area contributed by atoms with E-state index < -0.39 is 17.7 Å². The van der Waals surface area contributed by atoms with Crippen LogP contribution >= 0.6 is 0 Å². The molecule has 0 heterocycles. The zero-order valence-electron chi connectivity index (χ0n) is 10.7. The van der Waals surface area contributed by atoms with Crippen LogP contribution in [0, 0.1) is 17.0 Å². The van der Waals surface area contributed by atoms with E-state index >= 15 is 0 Å². The SMILES string of the molecule is OCCC1(CNCC(O)c2ccc(F)cc2F)CC1. The predicted molar refractivity (Wildman–Crippen MR) is 67.6 cm³/mol. The summed E-state index contributed by atoms with van der Waals surface area (Å²) in [7, 11) is 0. The van der Waals surface area contributed by atoms with Crippen LogP contribution in [0.25, 0.3) is 0 Å². The normalized spacial score (nSPS) is 18.3. The van der Waals surface area contributed by atoms with Crippen molar-refractivity contribution < 1.29 is 19.0 Å². The minimum absolute atomic E-state index is 0.0981. The van der Waals surface area contributed by atoms with Gasteiger partial charge in [-0.25, -0.2) is 8.78 Å². The number of benzene rings is 1. The van der Waals surface area contributed by atoms with Crippen LogP contribution in [0.15, 0.2) is 18.2 Å². The Bertz CT molecular complexity index is 435. The summed E-state index contributed by atoms with van der Waals surface area (Å²) in [6, 6.07) is 3.17. The lowest BCUT2D eigenvalue weighted by molar-refractivity contribution is 0.165. The van der Waals surface area contributed by atoms with Gasteiger partial charge in [-0.05, 0) is 30.7 Å². The molecule has 0 aliphatic heterocycles. The number of hydrogen-bond donors (Lipinski definition) is 3. The Morgan fingerprint density at radius 2 is 2.05 bits per heavy atom. The number of aliphatic hydroxyl groups excluding tert-OH is 2. The van der Waals surface area contributed by atoms with Crippen LogP contribution in [-0.2, 0) is 0 Å². The third-order valence-electron chi connectivity index (χ3n) is 3.76. The van der Waals surface area contributed by atoms with E-state index in [0.29, 0.717) is 6.54 Å². The van der Waals surface area contributed by atoms with Gasteiger partial charge in [-0.1, -0.05) is 6.07 Å². The average Bonchev–Trinajstić information content (AvgIpc) is 3.09. The number of aliphatic hydroxyl groups is 2. The number of nitrogens with one attached hydrogen (secondary N) is 1. The van der Waals surface area contributed by atoms with Crippen LogP contribution in [0.4, 0.5) is 8.78 Å². The van der Waals surface area contributed by atoms with E-state index in [1.54, 1.807) is 0 Å². The monoisotopic (exact) mass is 271 g/mol. The molecule has 0 radical (unpaired) electrons. The average molecular weight is 271 g/mol. The molecule has 3 N–H and O–H groups in total. The second-order valence-electron chi connectivity index (χ2n) is 5.29. The summed E-state index contributed by atoms with van der Waals surface area (Å²) >= 11 is 0. The Labute approximate surface area is 111 Å². The zero-order chi connectivity index (χ0) is 13.9. The number of hydrogen-bond acceptors (Lipinski definition) is 3. The molecule has 5 heteroatoms. The fraction of sp³-hybridized carbons (Fsp3) is 0.571. The first-order valence-corrected chi connectivity index (χ1v) is 6.51. The molecule has 1 saturated carbocycles. The van der Waals surface area contributed by atoms with Crippen molar-refractivity contribution in [3.63, 3.8) is 0 Å². The Morgan fingerprint density at radius 3 is 2.63 bits per heavy atom. The van der Waals surface area contributed by atoms with Gasteiger partial charge in [0.25, 0.3) is 0 Å². The molecule has 0 saturated heterocycles. The lowest BCUT2D eigenvalue weighted by Crippen LogP contribution is -2.29. The van der Waals surface area contributed by atoms with Crippen molar-refractivity contribution in [2.24, 2.45) is 5.41 Å². The molecular weight excluding hydrogens is 252 g/mol. The molecule has 1 aromatic rings. The largest absolute Gasteiger partial charge is 0.396 e. The topological polar surface area (TPSA) is 52.5 Å². The molecule has 19 heavy (non-hydrogen) atoms. The van der Waals surface area contributed by atoms with Crippen molar-refractivity contribution in [1.82, 2.24) is 5.32 Å². The maximum absolute atomic E-state index is 13.4. The lowest BCUT2D eigenvalue weighted by atomic mass is 10.0. The van der Waals surface area contributed by atoms with Gasteiger partial charge >= 0.3 is 0 Å². The summed E-state index contributed by atoms with van der Waals surface area (Å²) in [4.78, 5) is 0. The molecule has 0 spiro atoms. The standard InChI is InChI=1S/C14H19F2NO2/c15-10-1-2-11(12(16)7-10)13(19)8-17-9-14(3-4-14)5-6-18/h1-2,7,13,17-19H,3-6,8-9H2. The Morgan fingerprint density at radius 1 is 1.32 bits per heavy atom. The molecule has 0 aromatic heterocycles. The summed E-state index contributed by atoms with van der Waals surface area (Å²) in [5, 5.41) is 21.9. The first kappa shape index (κ1) is 14.4. The number of halogens is 2. The molecule has 3 nitrogen and oxygen atoms in total. The molecule has 1 aromatic carbocycles. The van der Waals surface area contributed by atoms with Crippen LogP contribution in [0.5, 0.6) is 0 Å². The van der Waals surface area contributed by atoms with Gasteiger partial charge in [0, 0.05) is 31.3 Å². The van der Waals surface area contributed by atoms with Crippen molar-refractivity contribution in [3.8, 4) is 0 Å². The summed E-state index contributed by atoms with van der Waals surface area (Å²) in [6.45, 7) is 1.08. The highest BCUT2D eigenvalue weighted by atomic mass is 19.1. The lowest BCUT2D eigenvalue weighted by Gasteiger charge is -2.17. The third-order valence-corrected chi connectivity index (χ3v) is 3.76. The second-order valence-corrected chi connectivity index (χ2v) is 5.29. The van der Waals surface area contributed by atoms with Crippen LogP contribution in [0.3, 0.4) is 0 Å². The molecule has 1 aliphatic rings. The Kier molecular flexibility index (Phi) is 4.50. The van der Waals surface area contributed by atoms with E-state index in [0.717, 1.165) is 31.4 Å². The zero-order valence-corrected chi connectivity index (χ0v) is 10.7. The summed E-state index contributed by atoms with van der Waals surface area (Å²) < 4.78 is 26.2. The summed E-state index contributed by atoms with van der Waals surface area (Å²) in [5.41, 5.74) is 0.247. The van der Waals surface area contributed by atoms with E-state index in [2.05, 4.69) is 5.32 Å². The highest BCUT2D eigenvalue weighted by molar-refractivity contribution is 5.21. The molecule has 0 amide bonds. The van der Waals surface area contributed by atoms with Gasteiger partial charge in [0.1, 0.15) is 11.6 Å². The van der Waals surface area contributed by atoms with Gasteiger partial charge < -0.3 is 15.5 Å². The highest BCUT2D eigenvalue weighted by Crippen LogP contribution is 2.47. The predicted octanol–water partition coefficient (Wildman–Crippen LogP) is 1.75. The van der Waals surface area contributed by atoms with Gasteiger partial charge in [0.2, 0.25) is 0 Å². The summed E-state index contributed by atoms with van der Waals surface area (Å²) in [5.74, 6) is -1.38. The van der Waals surface area contributed by atoms with Crippen LogP contribution in [0.2, 0.25) is 0 Å². The Hall–Kier alpha value is -1.04. The van der Waals surface area contributed by atoms with Crippen molar-refractivity contribution in [2.45, 2.75) is 25.4 Å². The van der Waals surface area contributed by atoms with Gasteiger partial charge in [-0.2, -0.15) is 0 Å². The molecule has 1 fully saturated rings. The van der Waals surface area contributed by atoms with E-state index in [9.17, 15) is 13.9 Å².